The molecular formula is C18H19N3O2S. The number of fused-ring (bicyclic) bond motifs is 1. The Kier molecular flexibility index (Phi) is 4.78. The zero-order valence-corrected chi connectivity index (χ0v) is 14.5. The molecule has 1 amide bonds. The van der Waals surface area contributed by atoms with Crippen LogP contribution < -0.4 is 10.9 Å². The number of likely N-dealkylation sites (N-methyl/N-ethyl adjacent to an activating group) is 1. The molecule has 0 aliphatic rings. The minimum absolute atomic E-state index is 0.0289. The maximum Gasteiger partial charge on any atom is 0.273 e. The van der Waals surface area contributed by atoms with Gasteiger partial charge in [0.15, 0.2) is 0 Å². The SMILES string of the molecule is CN(C)CCNC(=O)c1ccc(-n2sc3ccccc3c2=O)cc1. The van der Waals surface area contributed by atoms with Crippen LogP contribution in [0.4, 0.5) is 0 Å². The van der Waals surface area contributed by atoms with Crippen LogP contribution in [0.5, 0.6) is 0 Å². The van der Waals surface area contributed by atoms with E-state index in [1.54, 1.807) is 28.2 Å². The predicted octanol–water partition coefficient (Wildman–Crippen LogP) is 2.34. The summed E-state index contributed by atoms with van der Waals surface area (Å²) < 4.78 is 2.60. The van der Waals surface area contributed by atoms with Gasteiger partial charge in [-0.15, -0.1) is 0 Å². The molecule has 124 valence electrons. The molecule has 2 aromatic carbocycles. The second kappa shape index (κ2) is 6.98. The number of benzene rings is 2. The quantitative estimate of drug-likeness (QED) is 0.775. The molecule has 3 rings (SSSR count). The molecule has 0 aliphatic heterocycles. The molecule has 0 bridgehead atoms. The van der Waals surface area contributed by atoms with Crippen LogP contribution in [0, 0.1) is 0 Å². The molecule has 1 aromatic heterocycles. The number of aromatic nitrogens is 1. The molecule has 1 heterocycles. The van der Waals surface area contributed by atoms with E-state index in [2.05, 4.69) is 5.32 Å². The summed E-state index contributed by atoms with van der Waals surface area (Å²) in [6.07, 6.45) is 0. The molecule has 0 aliphatic carbocycles. The number of carbonyl (C=O) groups excluding carboxylic acids is 1. The molecule has 0 saturated heterocycles. The lowest BCUT2D eigenvalue weighted by molar-refractivity contribution is 0.0951. The van der Waals surface area contributed by atoms with Crippen LogP contribution in [0.2, 0.25) is 0 Å². The summed E-state index contributed by atoms with van der Waals surface area (Å²) in [5, 5.41) is 3.59. The van der Waals surface area contributed by atoms with Gasteiger partial charge in [-0.1, -0.05) is 23.7 Å². The Bertz CT molecular complexity index is 910. The van der Waals surface area contributed by atoms with Gasteiger partial charge >= 0.3 is 0 Å². The normalized spacial score (nSPS) is 11.1. The maximum absolute atomic E-state index is 12.4. The second-order valence-electron chi connectivity index (χ2n) is 5.79. The second-order valence-corrected chi connectivity index (χ2v) is 6.78. The van der Waals surface area contributed by atoms with Crippen LogP contribution in [0.25, 0.3) is 15.8 Å². The van der Waals surface area contributed by atoms with E-state index in [0.717, 1.165) is 16.9 Å². The topological polar surface area (TPSA) is 54.3 Å². The van der Waals surface area contributed by atoms with E-state index in [4.69, 9.17) is 0 Å². The van der Waals surface area contributed by atoms with Crippen molar-refractivity contribution in [3.05, 3.63) is 64.4 Å². The van der Waals surface area contributed by atoms with Crippen molar-refractivity contribution in [3.8, 4) is 5.69 Å². The lowest BCUT2D eigenvalue weighted by atomic mass is 10.2. The standard InChI is InChI=1S/C18H19N3O2S/c1-20(2)12-11-19-17(22)13-7-9-14(10-8-13)21-18(23)15-5-3-4-6-16(15)24-21/h3-10H,11-12H2,1-2H3,(H,19,22). The fraction of sp³-hybridized carbons (Fsp3) is 0.222. The molecule has 24 heavy (non-hydrogen) atoms. The highest BCUT2D eigenvalue weighted by molar-refractivity contribution is 7.14. The Morgan fingerprint density at radius 2 is 1.83 bits per heavy atom. The minimum Gasteiger partial charge on any atom is -0.351 e. The Morgan fingerprint density at radius 1 is 1.12 bits per heavy atom. The maximum atomic E-state index is 12.4. The fourth-order valence-corrected chi connectivity index (χ4v) is 3.38. The van der Waals surface area contributed by atoms with Crippen molar-refractivity contribution in [2.45, 2.75) is 0 Å². The smallest absolute Gasteiger partial charge is 0.273 e. The van der Waals surface area contributed by atoms with Crippen LogP contribution in [0.3, 0.4) is 0 Å². The monoisotopic (exact) mass is 341 g/mol. The van der Waals surface area contributed by atoms with E-state index in [0.29, 0.717) is 17.5 Å². The zero-order valence-electron chi connectivity index (χ0n) is 13.7. The van der Waals surface area contributed by atoms with Crippen molar-refractivity contribution in [1.29, 1.82) is 0 Å². The first kappa shape index (κ1) is 16.4. The third-order valence-corrected chi connectivity index (χ3v) is 4.81. The van der Waals surface area contributed by atoms with E-state index in [1.165, 1.54) is 11.5 Å². The Balaban J connectivity index is 1.80. The third-order valence-electron chi connectivity index (χ3n) is 3.70. The number of hydrogen-bond acceptors (Lipinski definition) is 4. The molecule has 0 atom stereocenters. The van der Waals surface area contributed by atoms with Crippen molar-refractivity contribution in [2.75, 3.05) is 27.2 Å². The van der Waals surface area contributed by atoms with Crippen LogP contribution in [-0.4, -0.2) is 41.9 Å². The molecule has 0 radical (unpaired) electrons. The fourth-order valence-electron chi connectivity index (χ4n) is 2.39. The van der Waals surface area contributed by atoms with Crippen molar-refractivity contribution in [2.24, 2.45) is 0 Å². The van der Waals surface area contributed by atoms with Gasteiger partial charge in [0.2, 0.25) is 0 Å². The highest BCUT2D eigenvalue weighted by atomic mass is 32.1. The highest BCUT2D eigenvalue weighted by Crippen LogP contribution is 2.20. The number of nitrogens with one attached hydrogen (secondary N) is 1. The molecule has 0 unspecified atom stereocenters. The molecule has 0 fully saturated rings. The molecule has 5 nitrogen and oxygen atoms in total. The first-order valence-electron chi connectivity index (χ1n) is 7.71. The highest BCUT2D eigenvalue weighted by Gasteiger charge is 2.10. The third kappa shape index (κ3) is 3.39. The van der Waals surface area contributed by atoms with E-state index >= 15 is 0 Å². The molecule has 0 spiro atoms. The Morgan fingerprint density at radius 3 is 2.50 bits per heavy atom. The van der Waals surface area contributed by atoms with Crippen LogP contribution in [-0.2, 0) is 0 Å². The number of hydrogen-bond donors (Lipinski definition) is 1. The average Bonchev–Trinajstić information content (AvgIpc) is 2.92. The van der Waals surface area contributed by atoms with Gasteiger partial charge in [-0.05, 0) is 50.5 Å². The average molecular weight is 341 g/mol. The van der Waals surface area contributed by atoms with E-state index < -0.39 is 0 Å². The first-order valence-corrected chi connectivity index (χ1v) is 8.48. The van der Waals surface area contributed by atoms with Gasteiger partial charge in [0.05, 0.1) is 15.8 Å². The lowest BCUT2D eigenvalue weighted by Gasteiger charge is -2.10. The molecule has 6 heteroatoms. The zero-order chi connectivity index (χ0) is 17.1. The summed E-state index contributed by atoms with van der Waals surface area (Å²) in [5.74, 6) is -0.105. The van der Waals surface area contributed by atoms with Gasteiger partial charge in [-0.3, -0.25) is 9.59 Å². The number of carbonyl (C=O) groups is 1. The van der Waals surface area contributed by atoms with E-state index in [9.17, 15) is 9.59 Å². The summed E-state index contributed by atoms with van der Waals surface area (Å²) >= 11 is 1.41. The van der Waals surface area contributed by atoms with Gasteiger partial charge < -0.3 is 10.2 Å². The van der Waals surface area contributed by atoms with Crippen LogP contribution >= 0.6 is 11.5 Å². The molecule has 1 N–H and O–H groups in total. The van der Waals surface area contributed by atoms with Crippen molar-refractivity contribution in [3.63, 3.8) is 0 Å². The van der Waals surface area contributed by atoms with Crippen molar-refractivity contribution < 1.29 is 4.79 Å². The summed E-state index contributed by atoms with van der Waals surface area (Å²) in [6.45, 7) is 1.39. The first-order chi connectivity index (χ1) is 11.6. The van der Waals surface area contributed by atoms with Gasteiger partial charge in [0.25, 0.3) is 11.5 Å². The van der Waals surface area contributed by atoms with Gasteiger partial charge in [-0.25, -0.2) is 3.96 Å². The predicted molar refractivity (Wildman–Crippen MR) is 98.3 cm³/mol. The number of rotatable bonds is 5. The molecular weight excluding hydrogens is 322 g/mol. The van der Waals surface area contributed by atoms with E-state index in [-0.39, 0.29) is 11.5 Å². The Labute approximate surface area is 144 Å². The van der Waals surface area contributed by atoms with Crippen molar-refractivity contribution >= 4 is 27.5 Å². The van der Waals surface area contributed by atoms with Gasteiger partial charge in [0, 0.05) is 18.7 Å². The number of amides is 1. The number of nitrogens with zero attached hydrogens (tertiary/aromatic N) is 2. The van der Waals surface area contributed by atoms with Crippen LogP contribution in [0.1, 0.15) is 10.4 Å². The van der Waals surface area contributed by atoms with Gasteiger partial charge in [-0.2, -0.15) is 0 Å². The van der Waals surface area contributed by atoms with Gasteiger partial charge in [0.1, 0.15) is 0 Å². The largest absolute Gasteiger partial charge is 0.351 e. The molecule has 0 saturated carbocycles. The summed E-state index contributed by atoms with van der Waals surface area (Å²) in [4.78, 5) is 26.5. The summed E-state index contributed by atoms with van der Waals surface area (Å²) in [7, 11) is 3.92. The molecule has 3 aromatic rings. The van der Waals surface area contributed by atoms with Crippen LogP contribution in [0.15, 0.2) is 53.3 Å². The van der Waals surface area contributed by atoms with E-state index in [1.807, 2.05) is 43.3 Å². The Hall–Kier alpha value is -2.44. The lowest BCUT2D eigenvalue weighted by Crippen LogP contribution is -2.31. The summed E-state index contributed by atoms with van der Waals surface area (Å²) in [6, 6.07) is 14.6. The minimum atomic E-state index is -0.105. The van der Waals surface area contributed by atoms with Crippen molar-refractivity contribution in [1.82, 2.24) is 14.2 Å². The summed E-state index contributed by atoms with van der Waals surface area (Å²) in [5.41, 5.74) is 1.33.